The molecule has 1 aliphatic rings. The number of nitrogens with zero attached hydrogens (tertiary/aromatic N) is 6. The van der Waals surface area contributed by atoms with E-state index in [1.165, 1.54) is 17.2 Å². The van der Waals surface area contributed by atoms with Crippen LogP contribution < -0.4 is 11.1 Å². The van der Waals surface area contributed by atoms with E-state index >= 15 is 0 Å². The number of nitriles is 1. The molecule has 2 aromatic heterocycles. The van der Waals surface area contributed by atoms with Crippen LogP contribution in [0.3, 0.4) is 0 Å². The number of nitrogens with one attached hydrogen (secondary N) is 1. The molecule has 10 nitrogen and oxygen atoms in total. The minimum Gasteiger partial charge on any atom is -0.351 e. The second-order valence-electron chi connectivity index (χ2n) is 7.96. The Kier molecular flexibility index (Phi) is 4.98. The van der Waals surface area contributed by atoms with Gasteiger partial charge >= 0.3 is 6.03 Å². The first-order valence-corrected chi connectivity index (χ1v) is 10.4. The quantitative estimate of drug-likeness (QED) is 0.487. The minimum absolute atomic E-state index is 0.0922. The Morgan fingerprint density at radius 1 is 1.21 bits per heavy atom. The molecule has 0 radical (unpaired) electrons. The fourth-order valence-electron chi connectivity index (χ4n) is 4.11. The Balaban J connectivity index is 1.63. The fraction of sp³-hybridized carbons (Fsp3) is 0.174. The molecular formula is C23H19FN8O2. The number of amides is 3. The van der Waals surface area contributed by atoms with Gasteiger partial charge in [-0.1, -0.05) is 0 Å². The highest BCUT2D eigenvalue weighted by Gasteiger charge is 2.30. The summed E-state index contributed by atoms with van der Waals surface area (Å²) in [5.74, 6) is -0.957. The van der Waals surface area contributed by atoms with Crippen LogP contribution in [0.1, 0.15) is 21.6 Å². The van der Waals surface area contributed by atoms with Crippen molar-refractivity contribution in [2.75, 3.05) is 11.9 Å². The molecule has 2 aromatic carbocycles. The summed E-state index contributed by atoms with van der Waals surface area (Å²) in [4.78, 5) is 26.7. The van der Waals surface area contributed by atoms with E-state index in [1.807, 2.05) is 6.07 Å². The maximum absolute atomic E-state index is 14.9. The molecule has 5 rings (SSSR count). The minimum atomic E-state index is -0.602. The normalized spacial score (nSPS) is 12.9. The van der Waals surface area contributed by atoms with Crippen molar-refractivity contribution < 1.29 is 14.0 Å². The molecule has 34 heavy (non-hydrogen) atoms. The summed E-state index contributed by atoms with van der Waals surface area (Å²) in [5.41, 5.74) is 8.38. The van der Waals surface area contributed by atoms with E-state index < -0.39 is 17.8 Å². The van der Waals surface area contributed by atoms with Gasteiger partial charge in [0.2, 0.25) is 0 Å². The van der Waals surface area contributed by atoms with E-state index in [0.29, 0.717) is 46.5 Å². The smallest absolute Gasteiger partial charge is 0.315 e. The molecule has 1 aliphatic heterocycles. The number of hydrogen-bond acceptors (Lipinski definition) is 5. The molecule has 11 heteroatoms. The zero-order chi connectivity index (χ0) is 24.0. The predicted octanol–water partition coefficient (Wildman–Crippen LogP) is 2.59. The largest absolute Gasteiger partial charge is 0.351 e. The maximum atomic E-state index is 14.9. The van der Waals surface area contributed by atoms with E-state index in [2.05, 4.69) is 15.5 Å². The fourth-order valence-corrected chi connectivity index (χ4v) is 4.11. The van der Waals surface area contributed by atoms with Gasteiger partial charge in [-0.25, -0.2) is 9.18 Å². The van der Waals surface area contributed by atoms with Gasteiger partial charge in [0.05, 0.1) is 53.1 Å². The first-order chi connectivity index (χ1) is 16.4. The summed E-state index contributed by atoms with van der Waals surface area (Å²) in [6.45, 7) is 0.774. The molecule has 0 fully saturated rings. The number of primary amides is 1. The second-order valence-corrected chi connectivity index (χ2v) is 7.96. The number of hydrogen-bond donors (Lipinski definition) is 2. The first kappa shape index (κ1) is 21.1. The van der Waals surface area contributed by atoms with Crippen molar-refractivity contribution in [1.82, 2.24) is 24.5 Å². The molecular weight excluding hydrogens is 439 g/mol. The second kappa shape index (κ2) is 8.00. The third-order valence-electron chi connectivity index (χ3n) is 5.88. The maximum Gasteiger partial charge on any atom is 0.315 e. The van der Waals surface area contributed by atoms with Crippen LogP contribution in [-0.4, -0.2) is 42.9 Å². The van der Waals surface area contributed by atoms with Gasteiger partial charge in [-0.15, -0.1) is 0 Å². The van der Waals surface area contributed by atoms with Gasteiger partial charge in [-0.05, 0) is 36.4 Å². The number of carbonyl (C=O) groups excluding carboxylic acids is 2. The molecule has 0 saturated heterocycles. The van der Waals surface area contributed by atoms with Crippen LogP contribution in [0.2, 0.25) is 0 Å². The molecule has 3 amide bonds. The van der Waals surface area contributed by atoms with E-state index in [4.69, 9.17) is 11.0 Å². The van der Waals surface area contributed by atoms with Gasteiger partial charge in [-0.2, -0.15) is 15.5 Å². The number of benzene rings is 2. The summed E-state index contributed by atoms with van der Waals surface area (Å²) in [6.07, 6.45) is 1.44. The van der Waals surface area contributed by atoms with Crippen molar-refractivity contribution in [3.63, 3.8) is 0 Å². The topological polar surface area (TPSA) is 135 Å². The molecule has 170 valence electrons. The number of anilines is 1. The Labute approximate surface area is 193 Å². The lowest BCUT2D eigenvalue weighted by Gasteiger charge is -2.26. The lowest BCUT2D eigenvalue weighted by molar-refractivity contribution is 0.102. The molecule has 0 aliphatic carbocycles. The highest BCUT2D eigenvalue weighted by Crippen LogP contribution is 2.32. The molecule has 0 saturated carbocycles. The van der Waals surface area contributed by atoms with Gasteiger partial charge in [0, 0.05) is 24.8 Å². The number of rotatable bonds is 3. The first-order valence-electron chi connectivity index (χ1n) is 10.4. The average molecular weight is 458 g/mol. The number of carbonyl (C=O) groups is 2. The summed E-state index contributed by atoms with van der Waals surface area (Å²) >= 11 is 0. The standard InChI is InChI=1S/C23H19FN8O2/c1-30-18-9-14(8-17(24)16(18)11-27-30)21-20(19-12-31(23(26)34)6-7-32(19)29-21)22(33)28-15-4-2-13(10-25)3-5-15/h2-5,8-9,11H,6-7,12H2,1H3,(H2,26,34)(H,28,33). The number of fused-ring (bicyclic) bond motifs is 2. The van der Waals surface area contributed by atoms with Crippen molar-refractivity contribution in [2.45, 2.75) is 13.1 Å². The van der Waals surface area contributed by atoms with E-state index in [9.17, 15) is 14.0 Å². The van der Waals surface area contributed by atoms with Crippen LogP contribution in [0.4, 0.5) is 14.9 Å². The van der Waals surface area contributed by atoms with Crippen molar-refractivity contribution in [1.29, 1.82) is 5.26 Å². The van der Waals surface area contributed by atoms with E-state index in [0.717, 1.165) is 0 Å². The lowest BCUT2D eigenvalue weighted by Crippen LogP contribution is -2.42. The number of urea groups is 1. The number of nitrogens with two attached hydrogens (primary N) is 1. The summed E-state index contributed by atoms with van der Waals surface area (Å²) in [7, 11) is 1.70. The van der Waals surface area contributed by atoms with Crippen molar-refractivity contribution >= 4 is 28.5 Å². The average Bonchev–Trinajstić information content (AvgIpc) is 3.40. The highest BCUT2D eigenvalue weighted by molar-refractivity contribution is 6.09. The van der Waals surface area contributed by atoms with Gasteiger partial charge < -0.3 is 16.0 Å². The number of aryl methyl sites for hydroxylation is 1. The van der Waals surface area contributed by atoms with Crippen molar-refractivity contribution in [3.05, 3.63) is 65.2 Å². The Hall–Kier alpha value is -4.72. The molecule has 3 N–H and O–H groups in total. The summed E-state index contributed by atoms with van der Waals surface area (Å²) in [6, 6.07) is 10.9. The van der Waals surface area contributed by atoms with Gasteiger partial charge in [0.15, 0.2) is 0 Å². The Bertz CT molecular complexity index is 1500. The van der Waals surface area contributed by atoms with Crippen LogP contribution in [0.25, 0.3) is 22.2 Å². The summed E-state index contributed by atoms with van der Waals surface area (Å²) in [5, 5.41) is 20.9. The zero-order valence-corrected chi connectivity index (χ0v) is 18.1. The molecule has 0 atom stereocenters. The number of halogens is 1. The third-order valence-corrected chi connectivity index (χ3v) is 5.88. The lowest BCUT2D eigenvalue weighted by atomic mass is 10.0. The third kappa shape index (κ3) is 3.51. The monoisotopic (exact) mass is 458 g/mol. The van der Waals surface area contributed by atoms with Crippen molar-refractivity contribution in [2.24, 2.45) is 12.8 Å². The van der Waals surface area contributed by atoms with Gasteiger partial charge in [0.25, 0.3) is 5.91 Å². The highest BCUT2D eigenvalue weighted by atomic mass is 19.1. The number of aromatic nitrogens is 4. The molecule has 0 spiro atoms. The van der Waals surface area contributed by atoms with Crippen LogP contribution in [-0.2, 0) is 20.1 Å². The molecule has 3 heterocycles. The summed E-state index contributed by atoms with van der Waals surface area (Å²) < 4.78 is 18.1. The van der Waals surface area contributed by atoms with Crippen LogP contribution >= 0.6 is 0 Å². The Morgan fingerprint density at radius 2 is 1.97 bits per heavy atom. The van der Waals surface area contributed by atoms with E-state index in [1.54, 1.807) is 46.7 Å². The zero-order valence-electron chi connectivity index (χ0n) is 18.1. The molecule has 0 unspecified atom stereocenters. The van der Waals surface area contributed by atoms with Crippen molar-refractivity contribution in [3.8, 4) is 17.3 Å². The molecule has 4 aromatic rings. The van der Waals surface area contributed by atoms with Crippen LogP contribution in [0.5, 0.6) is 0 Å². The van der Waals surface area contributed by atoms with E-state index in [-0.39, 0.29) is 17.8 Å². The van der Waals surface area contributed by atoms with Gasteiger partial charge in [0.1, 0.15) is 11.5 Å². The Morgan fingerprint density at radius 3 is 2.68 bits per heavy atom. The SMILES string of the molecule is Cn1ncc2c(F)cc(-c3nn4c(c3C(=O)Nc3ccc(C#N)cc3)CN(C(N)=O)CC4)cc21. The van der Waals surface area contributed by atoms with Crippen LogP contribution in [0.15, 0.2) is 42.6 Å². The van der Waals surface area contributed by atoms with Crippen LogP contribution in [0, 0.1) is 17.1 Å². The van der Waals surface area contributed by atoms with Gasteiger partial charge in [-0.3, -0.25) is 14.2 Å². The molecule has 0 bridgehead atoms. The predicted molar refractivity (Wildman–Crippen MR) is 121 cm³/mol.